The van der Waals surface area contributed by atoms with Crippen molar-refractivity contribution < 1.29 is 48.0 Å². The van der Waals surface area contributed by atoms with Gasteiger partial charge in [0.2, 0.25) is 0 Å². The molecule has 0 aliphatic heterocycles. The second-order valence-corrected chi connectivity index (χ2v) is 10.3. The van der Waals surface area contributed by atoms with Crippen LogP contribution in [0.1, 0.15) is 30.5 Å². The van der Waals surface area contributed by atoms with Crippen LogP contribution in [0.15, 0.2) is 85.1 Å². The van der Waals surface area contributed by atoms with Gasteiger partial charge in [0.25, 0.3) is 0 Å². The molecule has 27 heavy (non-hydrogen) atoms. The van der Waals surface area contributed by atoms with Gasteiger partial charge >= 0.3 is 160 Å². The van der Waals surface area contributed by atoms with Crippen LogP contribution in [-0.4, -0.2) is 4.57 Å². The van der Waals surface area contributed by atoms with E-state index >= 15 is 0 Å². The van der Waals surface area contributed by atoms with E-state index in [9.17, 15) is 0 Å². The molecule has 1 heterocycles. The number of hydrogen-bond donors (Lipinski definition) is 0. The molecule has 0 saturated carbocycles. The maximum atomic E-state index is 2.49. The molecule has 4 heteroatoms. The van der Waals surface area contributed by atoms with E-state index in [0.29, 0.717) is 6.04 Å². The molecule has 1 nitrogen and oxygen atoms in total. The smallest absolute Gasteiger partial charge is 1.00 e. The molecule has 0 bridgehead atoms. The Morgan fingerprint density at radius 1 is 0.963 bits per heavy atom. The zero-order chi connectivity index (χ0) is 16.8. The molecular formula is C23H19Cl2NZr. The Balaban J connectivity index is 0.00000105. The van der Waals surface area contributed by atoms with E-state index < -0.39 is 23.2 Å². The first-order valence-corrected chi connectivity index (χ1v) is 11.3. The maximum Gasteiger partial charge on any atom is -1.00 e. The second-order valence-electron chi connectivity index (χ2n) is 6.81. The Kier molecular flexibility index (Phi) is 6.31. The Hall–Kier alpha value is -1.34. The van der Waals surface area contributed by atoms with Crippen LogP contribution >= 0.6 is 0 Å². The van der Waals surface area contributed by atoms with Gasteiger partial charge in [-0.3, -0.25) is 0 Å². The zero-order valence-electron chi connectivity index (χ0n) is 15.0. The number of allylic oxidation sites excluding steroid dienone is 5. The molecule has 2 aliphatic carbocycles. The molecule has 3 aromatic rings. The van der Waals surface area contributed by atoms with Crippen molar-refractivity contribution in [2.45, 2.75) is 19.4 Å². The van der Waals surface area contributed by atoms with Crippen molar-refractivity contribution in [1.82, 2.24) is 4.57 Å². The normalized spacial score (nSPS) is 17.2. The van der Waals surface area contributed by atoms with E-state index in [0.717, 1.165) is 0 Å². The van der Waals surface area contributed by atoms with Crippen molar-refractivity contribution in [2.24, 2.45) is 0 Å². The third kappa shape index (κ3) is 3.56. The predicted molar refractivity (Wildman–Crippen MR) is 101 cm³/mol. The van der Waals surface area contributed by atoms with Crippen LogP contribution in [0.4, 0.5) is 0 Å². The van der Waals surface area contributed by atoms with Gasteiger partial charge in [0.05, 0.1) is 0 Å². The molecule has 0 spiro atoms. The Bertz CT molecular complexity index is 1070. The van der Waals surface area contributed by atoms with Gasteiger partial charge in [-0.15, -0.1) is 0 Å². The molecule has 0 fully saturated rings. The number of hydrogen-bond acceptors (Lipinski definition) is 0. The van der Waals surface area contributed by atoms with Crippen LogP contribution in [0.5, 0.6) is 0 Å². The quantitative estimate of drug-likeness (QED) is 0.504. The minimum absolute atomic E-state index is 0. The topological polar surface area (TPSA) is 4.93 Å². The summed E-state index contributed by atoms with van der Waals surface area (Å²) in [6.45, 7) is 2.28. The molecule has 5 rings (SSSR count). The van der Waals surface area contributed by atoms with Crippen LogP contribution in [0.25, 0.3) is 17.0 Å². The van der Waals surface area contributed by atoms with E-state index in [1.165, 1.54) is 34.0 Å². The maximum absolute atomic E-state index is 2.49. The third-order valence-corrected chi connectivity index (χ3v) is 9.21. The molecule has 0 radical (unpaired) electrons. The van der Waals surface area contributed by atoms with Crippen molar-refractivity contribution in [3.8, 4) is 0 Å². The molecule has 0 N–H and O–H groups in total. The summed E-state index contributed by atoms with van der Waals surface area (Å²) in [7, 11) is 0. The summed E-state index contributed by atoms with van der Waals surface area (Å²) >= 11 is -0.759. The zero-order valence-corrected chi connectivity index (χ0v) is 19.0. The fourth-order valence-corrected chi connectivity index (χ4v) is 7.68. The molecule has 1 aromatic heterocycles. The number of benzene rings is 2. The van der Waals surface area contributed by atoms with Crippen molar-refractivity contribution in [2.75, 3.05) is 0 Å². The summed E-state index contributed by atoms with van der Waals surface area (Å²) in [5.74, 6) is 0. The van der Waals surface area contributed by atoms with Crippen LogP contribution in [0, 0.1) is 0 Å². The van der Waals surface area contributed by atoms with Crippen LogP contribution in [0.3, 0.4) is 0 Å². The standard InChI is InChI=1S/C17H12N.C6H7.2ClH.Zr/c1-3-7-15-13(5-1)9-10-17(15)18-12-11-14-6-2-4-8-16(14)18;1-6-4-2-3-5-6;;;/h1-9,11-12,17H;2,4H,3H2,1H3;2*1H;/q;;;;+2/p-2. The van der Waals surface area contributed by atoms with Crippen molar-refractivity contribution in [3.05, 3.63) is 96.2 Å². The number of halogens is 2. The molecule has 134 valence electrons. The molecule has 2 aromatic carbocycles. The average molecular weight is 472 g/mol. The molecule has 0 saturated heterocycles. The minimum Gasteiger partial charge on any atom is -1.00 e. The second kappa shape index (κ2) is 8.35. The molecular weight excluding hydrogens is 452 g/mol. The van der Waals surface area contributed by atoms with Gasteiger partial charge in [-0.1, -0.05) is 0 Å². The van der Waals surface area contributed by atoms with E-state index in [2.05, 4.69) is 90.5 Å². The van der Waals surface area contributed by atoms with Gasteiger partial charge < -0.3 is 24.8 Å². The third-order valence-electron chi connectivity index (χ3n) is 5.27. The van der Waals surface area contributed by atoms with E-state index in [4.69, 9.17) is 0 Å². The Labute approximate surface area is 184 Å². The summed E-state index contributed by atoms with van der Waals surface area (Å²) in [5.41, 5.74) is 5.72. The summed E-state index contributed by atoms with van der Waals surface area (Å²) in [6, 6.07) is 20.3. The van der Waals surface area contributed by atoms with Crippen LogP contribution in [0.2, 0.25) is 0 Å². The Morgan fingerprint density at radius 2 is 1.74 bits per heavy atom. The van der Waals surface area contributed by atoms with Crippen molar-refractivity contribution in [1.29, 1.82) is 0 Å². The first-order chi connectivity index (χ1) is 12.3. The number of fused-ring (bicyclic) bond motifs is 2. The van der Waals surface area contributed by atoms with Gasteiger partial charge in [-0.25, -0.2) is 0 Å². The summed E-state index contributed by atoms with van der Waals surface area (Å²) in [4.78, 5) is 0. The monoisotopic (exact) mass is 469 g/mol. The molecule has 2 aliphatic rings. The number of nitrogens with zero attached hydrogens (tertiary/aromatic N) is 1. The predicted octanol–water partition coefficient (Wildman–Crippen LogP) is -0.0904. The van der Waals surface area contributed by atoms with Gasteiger partial charge in [0, 0.05) is 0 Å². The van der Waals surface area contributed by atoms with Gasteiger partial charge in [0.1, 0.15) is 0 Å². The molecule has 1 unspecified atom stereocenters. The van der Waals surface area contributed by atoms with Gasteiger partial charge in [-0.05, 0) is 0 Å². The average Bonchev–Trinajstić information content (AvgIpc) is 3.32. The van der Waals surface area contributed by atoms with Crippen LogP contribution < -0.4 is 24.8 Å². The van der Waals surface area contributed by atoms with Crippen molar-refractivity contribution in [3.63, 3.8) is 0 Å². The fraction of sp³-hybridized carbons (Fsp3) is 0.130. The number of para-hydroxylation sites is 1. The summed E-state index contributed by atoms with van der Waals surface area (Å²) < 4.78 is 5.89. The van der Waals surface area contributed by atoms with Crippen molar-refractivity contribution >= 4 is 17.0 Å². The van der Waals surface area contributed by atoms with E-state index in [-0.39, 0.29) is 24.8 Å². The van der Waals surface area contributed by atoms with Gasteiger partial charge in [0.15, 0.2) is 0 Å². The molecule has 0 amide bonds. The largest absolute Gasteiger partial charge is 1.00 e. The number of aromatic nitrogens is 1. The summed E-state index contributed by atoms with van der Waals surface area (Å²) in [5, 5.41) is 1.33. The first-order valence-electron chi connectivity index (χ1n) is 8.81. The Morgan fingerprint density at radius 3 is 2.56 bits per heavy atom. The van der Waals surface area contributed by atoms with Gasteiger partial charge in [-0.2, -0.15) is 0 Å². The van der Waals surface area contributed by atoms with Crippen LogP contribution in [-0.2, 0) is 23.2 Å². The summed E-state index contributed by atoms with van der Waals surface area (Å²) in [6.07, 6.45) is 10.6. The fourth-order valence-electron chi connectivity index (χ4n) is 3.98. The molecule has 1 atom stereocenters. The number of rotatable bonds is 3. The SMILES string of the molecule is CC1=[C]([Zr+2][C]2=Cc3ccccc3C2n2ccc3ccccc32)CC=C1.[Cl-].[Cl-]. The van der Waals surface area contributed by atoms with E-state index in [1.807, 2.05) is 0 Å². The first kappa shape index (κ1) is 20.4. The van der Waals surface area contributed by atoms with E-state index in [1.54, 1.807) is 6.56 Å². The minimum atomic E-state index is -0.759.